The third-order valence-electron chi connectivity index (χ3n) is 1.57. The summed E-state index contributed by atoms with van der Waals surface area (Å²) >= 11 is 0. The fourth-order valence-electron chi connectivity index (χ4n) is 0.988. The van der Waals surface area contributed by atoms with Gasteiger partial charge >= 0.3 is 13.7 Å². The van der Waals surface area contributed by atoms with Crippen molar-refractivity contribution in [3.63, 3.8) is 0 Å². The molecule has 1 N–H and O–H groups in total. The number of hydrogen-bond acceptors (Lipinski definition) is 1. The van der Waals surface area contributed by atoms with Gasteiger partial charge in [-0.15, -0.1) is 0 Å². The average Bonchev–Trinajstić information content (AvgIpc) is 1.99. The molecule has 0 spiro atoms. The van der Waals surface area contributed by atoms with E-state index in [-0.39, 0.29) is 5.46 Å². The van der Waals surface area contributed by atoms with Gasteiger partial charge in [-0.3, -0.25) is 0 Å². The zero-order valence-electron chi connectivity index (χ0n) is 6.70. The fraction of sp³-hybridized carbons (Fsp3) is 0.143. The minimum Gasteiger partial charge on any atom is -0.449 e. The maximum absolute atomic E-state index is 12.7. The number of hydrogen-bond donors (Lipinski definition) is 1. The molecule has 7 heteroatoms. The molecule has 76 valence electrons. The van der Waals surface area contributed by atoms with Crippen LogP contribution in [0.3, 0.4) is 0 Å². The number of alkyl halides is 3. The van der Waals surface area contributed by atoms with Crippen LogP contribution in [0.2, 0.25) is 0 Å². The van der Waals surface area contributed by atoms with Crippen molar-refractivity contribution in [2.45, 2.75) is 6.18 Å². The van der Waals surface area contributed by atoms with Crippen LogP contribution in [0.25, 0.3) is 0 Å². The molecule has 0 saturated heterocycles. The van der Waals surface area contributed by atoms with E-state index in [0.29, 0.717) is 12.1 Å². The normalized spacial score (nSPS) is 11.6. The van der Waals surface area contributed by atoms with Gasteiger partial charge in [0.15, 0.2) is 0 Å². The van der Waals surface area contributed by atoms with Crippen LogP contribution in [-0.4, -0.2) is 12.5 Å². The van der Waals surface area contributed by atoms with Crippen molar-refractivity contribution in [3.8, 4) is 0 Å². The first-order chi connectivity index (χ1) is 6.36. The molecule has 0 aromatic heterocycles. The Morgan fingerprint density at radius 1 is 1.07 bits per heavy atom. The Bertz CT molecular complexity index is 325. The minimum atomic E-state index is -5.07. The quantitative estimate of drug-likeness (QED) is 0.540. The summed E-state index contributed by atoms with van der Waals surface area (Å²) in [5, 5.41) is 8.47. The summed E-state index contributed by atoms with van der Waals surface area (Å²) in [6.45, 7) is 0. The van der Waals surface area contributed by atoms with E-state index in [2.05, 4.69) is 0 Å². The van der Waals surface area contributed by atoms with Crippen LogP contribution in [0.1, 0.15) is 5.56 Å². The molecule has 0 radical (unpaired) electrons. The predicted molar refractivity (Wildman–Crippen MR) is 40.4 cm³/mol. The molecule has 1 nitrogen and oxygen atoms in total. The maximum Gasteiger partial charge on any atom is 0.422 e. The van der Waals surface area contributed by atoms with Gasteiger partial charge in [0, 0.05) is 0 Å². The highest BCUT2D eigenvalue weighted by Crippen LogP contribution is 2.32. The molecule has 0 aliphatic rings. The van der Waals surface area contributed by atoms with Crippen LogP contribution in [0.5, 0.6) is 0 Å². The summed E-state index contributed by atoms with van der Waals surface area (Å²) in [6, 6.07) is 0.901. The molecule has 0 aliphatic carbocycles. The van der Waals surface area contributed by atoms with Crippen LogP contribution < -0.4 is 5.46 Å². The molecule has 1 aromatic rings. The van der Waals surface area contributed by atoms with E-state index in [1.807, 2.05) is 0 Å². The second-order valence-corrected chi connectivity index (χ2v) is 2.59. The van der Waals surface area contributed by atoms with Gasteiger partial charge in [-0.25, -0.2) is 8.78 Å². The largest absolute Gasteiger partial charge is 0.449 e. The standard InChI is InChI=1S/C7H4BF5O/c9-4-1-3(8-14)2-5(10)6(4)7(11,12)13/h1-2,8,14H. The topological polar surface area (TPSA) is 20.2 Å². The Morgan fingerprint density at radius 3 is 1.79 bits per heavy atom. The Kier molecular flexibility index (Phi) is 2.80. The van der Waals surface area contributed by atoms with Crippen molar-refractivity contribution in [2.24, 2.45) is 0 Å². The van der Waals surface area contributed by atoms with Crippen LogP contribution >= 0.6 is 0 Å². The molecule has 0 aliphatic heterocycles. The van der Waals surface area contributed by atoms with Gasteiger partial charge in [-0.2, -0.15) is 13.2 Å². The smallest absolute Gasteiger partial charge is 0.422 e. The number of benzene rings is 1. The van der Waals surface area contributed by atoms with E-state index >= 15 is 0 Å². The van der Waals surface area contributed by atoms with E-state index in [4.69, 9.17) is 5.02 Å². The highest BCUT2D eigenvalue weighted by molar-refractivity contribution is 6.45. The third-order valence-corrected chi connectivity index (χ3v) is 1.57. The summed E-state index contributed by atoms with van der Waals surface area (Å²) in [4.78, 5) is 0. The highest BCUT2D eigenvalue weighted by atomic mass is 19.4. The summed E-state index contributed by atoms with van der Waals surface area (Å²) in [5.41, 5.74) is -2.18. The van der Waals surface area contributed by atoms with Crippen LogP contribution in [0.15, 0.2) is 12.1 Å². The molecule has 1 rings (SSSR count). The fourth-order valence-corrected chi connectivity index (χ4v) is 0.988. The minimum absolute atomic E-state index is 0.243. The van der Waals surface area contributed by atoms with Gasteiger partial charge in [0.1, 0.15) is 17.2 Å². The summed E-state index contributed by atoms with van der Waals surface area (Å²) in [6.07, 6.45) is -5.07. The lowest BCUT2D eigenvalue weighted by atomic mass is 9.87. The number of rotatable bonds is 1. The van der Waals surface area contributed by atoms with Crippen molar-refractivity contribution in [3.05, 3.63) is 29.3 Å². The van der Waals surface area contributed by atoms with Crippen molar-refractivity contribution in [1.29, 1.82) is 0 Å². The first-order valence-electron chi connectivity index (χ1n) is 3.52. The summed E-state index contributed by atoms with van der Waals surface area (Å²) < 4.78 is 61.5. The van der Waals surface area contributed by atoms with Gasteiger partial charge < -0.3 is 5.02 Å². The summed E-state index contributed by atoms with van der Waals surface area (Å²) in [5.74, 6) is -3.44. The van der Waals surface area contributed by atoms with E-state index in [1.54, 1.807) is 0 Å². The lowest BCUT2D eigenvalue weighted by Gasteiger charge is -2.09. The second-order valence-electron chi connectivity index (χ2n) is 2.59. The molecule has 14 heavy (non-hydrogen) atoms. The Labute approximate surface area is 76.4 Å². The van der Waals surface area contributed by atoms with Crippen LogP contribution in [0.4, 0.5) is 22.0 Å². The molecular formula is C7H4BF5O. The molecule has 0 bridgehead atoms. The highest BCUT2D eigenvalue weighted by Gasteiger charge is 2.37. The van der Waals surface area contributed by atoms with Gasteiger partial charge in [0.2, 0.25) is 0 Å². The van der Waals surface area contributed by atoms with E-state index < -0.39 is 30.9 Å². The van der Waals surface area contributed by atoms with E-state index in [0.717, 1.165) is 0 Å². The van der Waals surface area contributed by atoms with E-state index in [1.165, 1.54) is 0 Å². The van der Waals surface area contributed by atoms with Gasteiger partial charge in [-0.05, 0) is 17.6 Å². The van der Waals surface area contributed by atoms with Crippen molar-refractivity contribution in [1.82, 2.24) is 0 Å². The molecular weight excluding hydrogens is 206 g/mol. The molecule has 0 amide bonds. The van der Waals surface area contributed by atoms with E-state index in [9.17, 15) is 22.0 Å². The molecule has 0 unspecified atom stereocenters. The lowest BCUT2D eigenvalue weighted by Crippen LogP contribution is -2.20. The predicted octanol–water partition coefficient (Wildman–Crippen LogP) is 0.953. The van der Waals surface area contributed by atoms with Crippen molar-refractivity contribution < 1.29 is 27.0 Å². The maximum atomic E-state index is 12.7. The summed E-state index contributed by atoms with van der Waals surface area (Å²) in [7, 11) is -0.716. The second kappa shape index (κ2) is 3.57. The van der Waals surface area contributed by atoms with Gasteiger partial charge in [-0.1, -0.05) is 0 Å². The third kappa shape index (κ3) is 2.04. The Morgan fingerprint density at radius 2 is 1.50 bits per heavy atom. The Balaban J connectivity index is 3.33. The first kappa shape index (κ1) is 11.0. The van der Waals surface area contributed by atoms with Crippen LogP contribution in [0, 0.1) is 11.6 Å². The zero-order valence-corrected chi connectivity index (χ0v) is 6.70. The average molecular weight is 210 g/mol. The zero-order chi connectivity index (χ0) is 10.9. The molecule has 0 atom stereocenters. The molecule has 0 heterocycles. The monoisotopic (exact) mass is 210 g/mol. The van der Waals surface area contributed by atoms with Crippen LogP contribution in [-0.2, 0) is 6.18 Å². The first-order valence-corrected chi connectivity index (χ1v) is 3.52. The lowest BCUT2D eigenvalue weighted by molar-refractivity contribution is -0.142. The Hall–Kier alpha value is -1.11. The van der Waals surface area contributed by atoms with Crippen molar-refractivity contribution >= 4 is 12.9 Å². The SMILES string of the molecule is OBc1cc(F)c(C(F)(F)F)c(F)c1. The number of halogens is 5. The molecule has 1 aromatic carbocycles. The molecule has 0 saturated carbocycles. The van der Waals surface area contributed by atoms with Gasteiger partial charge in [0.05, 0.1) is 0 Å². The van der Waals surface area contributed by atoms with Gasteiger partial charge in [0.25, 0.3) is 0 Å². The van der Waals surface area contributed by atoms with Crippen molar-refractivity contribution in [2.75, 3.05) is 0 Å². The molecule has 0 fully saturated rings.